The van der Waals surface area contributed by atoms with Crippen LogP contribution in [0.2, 0.25) is 0 Å². The Morgan fingerprint density at radius 3 is 2.40 bits per heavy atom. The van der Waals surface area contributed by atoms with Gasteiger partial charge in [0.1, 0.15) is 5.82 Å². The molecule has 2 aromatic heterocycles. The van der Waals surface area contributed by atoms with E-state index in [2.05, 4.69) is 15.5 Å². The van der Waals surface area contributed by atoms with E-state index in [0.717, 1.165) is 10.6 Å². The quantitative estimate of drug-likeness (QED) is 0.409. The summed E-state index contributed by atoms with van der Waals surface area (Å²) in [5.74, 6) is -1.75. The summed E-state index contributed by atoms with van der Waals surface area (Å²) >= 11 is 0. The van der Waals surface area contributed by atoms with Gasteiger partial charge in [-0.3, -0.25) is 44.1 Å². The van der Waals surface area contributed by atoms with E-state index < -0.39 is 28.5 Å². The summed E-state index contributed by atoms with van der Waals surface area (Å²) in [5.41, 5.74) is 3.79. The minimum Gasteiger partial charge on any atom is -0.384 e. The number of rotatable bonds is 1. The number of anilines is 1. The van der Waals surface area contributed by atoms with Gasteiger partial charge in [-0.15, -0.1) is 0 Å². The fourth-order valence-corrected chi connectivity index (χ4v) is 2.93. The lowest BCUT2D eigenvalue weighted by Crippen LogP contribution is -2.27. The Morgan fingerprint density at radius 2 is 1.64 bits per heavy atom. The number of aromatic nitrogens is 3. The molecule has 3 aromatic rings. The van der Waals surface area contributed by atoms with Crippen molar-refractivity contribution in [2.45, 2.75) is 0 Å². The number of fused-ring (bicyclic) bond motifs is 2. The summed E-state index contributed by atoms with van der Waals surface area (Å²) in [4.78, 5) is 60.2. The van der Waals surface area contributed by atoms with E-state index in [9.17, 15) is 24.0 Å². The van der Waals surface area contributed by atoms with Crippen LogP contribution in [0.15, 0.2) is 38.6 Å². The molecule has 1 aliphatic rings. The Hall–Kier alpha value is -3.95. The van der Waals surface area contributed by atoms with Crippen LogP contribution >= 0.6 is 0 Å². The summed E-state index contributed by atoms with van der Waals surface area (Å²) in [5, 5.41) is 6.40. The normalized spacial score (nSPS) is 13.1. The second kappa shape index (κ2) is 4.77. The molecule has 0 saturated carbocycles. The average Bonchev–Trinajstić information content (AvgIpc) is 2.85. The van der Waals surface area contributed by atoms with Crippen molar-refractivity contribution in [2.75, 3.05) is 5.73 Å². The number of carbonyl (C=O) groups excluding carboxylic acids is 2. The van der Waals surface area contributed by atoms with E-state index in [4.69, 9.17) is 5.73 Å². The third-order valence-electron chi connectivity index (χ3n) is 4.00. The maximum Gasteiger partial charge on any atom is 0.272 e. The molecule has 3 heterocycles. The predicted octanol–water partition coefficient (Wildman–Crippen LogP) is -1.17. The third kappa shape index (κ3) is 1.87. The Morgan fingerprint density at radius 1 is 0.920 bits per heavy atom. The highest BCUT2D eigenvalue weighted by molar-refractivity contribution is 6.23. The zero-order valence-corrected chi connectivity index (χ0v) is 12.4. The third-order valence-corrected chi connectivity index (χ3v) is 4.00. The Bertz CT molecular complexity index is 1280. The molecule has 0 saturated heterocycles. The number of H-pyrrole nitrogens is 2. The number of aromatic amines is 2. The van der Waals surface area contributed by atoms with Gasteiger partial charge in [0.05, 0.1) is 27.6 Å². The van der Waals surface area contributed by atoms with Crippen LogP contribution in [-0.2, 0) is 0 Å². The SMILES string of the molecule is Nc1c2c(cc(=O)n1-c1cccc3c(=O)[nH][nH]c(=O)c13)C(=O)NC2=O. The number of imide groups is 1. The van der Waals surface area contributed by atoms with Gasteiger partial charge in [0.25, 0.3) is 28.5 Å². The van der Waals surface area contributed by atoms with Crippen LogP contribution in [0.3, 0.4) is 0 Å². The first-order chi connectivity index (χ1) is 11.9. The molecule has 124 valence electrons. The summed E-state index contributed by atoms with van der Waals surface area (Å²) in [6.07, 6.45) is 0. The van der Waals surface area contributed by atoms with Crippen LogP contribution in [-0.4, -0.2) is 26.6 Å². The van der Waals surface area contributed by atoms with Crippen molar-refractivity contribution in [3.63, 3.8) is 0 Å². The summed E-state index contributed by atoms with van der Waals surface area (Å²) < 4.78 is 0.925. The Balaban J connectivity index is 2.19. The van der Waals surface area contributed by atoms with Gasteiger partial charge in [-0.2, -0.15) is 0 Å². The number of nitrogens with one attached hydrogen (secondary N) is 3. The van der Waals surface area contributed by atoms with Crippen molar-refractivity contribution in [3.8, 4) is 5.69 Å². The van der Waals surface area contributed by atoms with Crippen LogP contribution in [0.5, 0.6) is 0 Å². The van der Waals surface area contributed by atoms with Crippen molar-refractivity contribution in [1.82, 2.24) is 20.1 Å². The van der Waals surface area contributed by atoms with E-state index >= 15 is 0 Å². The van der Waals surface area contributed by atoms with Gasteiger partial charge < -0.3 is 5.73 Å². The van der Waals surface area contributed by atoms with Crippen molar-refractivity contribution in [2.24, 2.45) is 0 Å². The number of nitrogen functional groups attached to an aromatic ring is 1. The number of hydrogen-bond acceptors (Lipinski definition) is 6. The standard InChI is InChI=1S/C15H9N5O5/c16-11-10-6(12(22)17-14(10)24)4-8(21)20(11)7-3-1-2-5-9(7)15(25)19-18-13(5)23/h1-4H,16H2,(H,18,23)(H,19,25)(H,17,22,24). The minimum absolute atomic E-state index is 0.0299. The largest absolute Gasteiger partial charge is 0.384 e. The number of pyridine rings is 1. The first-order valence-electron chi connectivity index (χ1n) is 7.05. The molecule has 0 spiro atoms. The number of nitrogens with zero attached hydrogens (tertiary/aromatic N) is 1. The van der Waals surface area contributed by atoms with E-state index in [-0.39, 0.29) is 33.4 Å². The smallest absolute Gasteiger partial charge is 0.272 e. The molecule has 25 heavy (non-hydrogen) atoms. The van der Waals surface area contributed by atoms with Crippen LogP contribution < -0.4 is 27.7 Å². The van der Waals surface area contributed by atoms with Gasteiger partial charge in [-0.25, -0.2) is 0 Å². The van der Waals surface area contributed by atoms with E-state index in [1.54, 1.807) is 0 Å². The Labute approximate surface area is 136 Å². The monoisotopic (exact) mass is 339 g/mol. The molecule has 0 aliphatic carbocycles. The second-order valence-electron chi connectivity index (χ2n) is 5.38. The molecular formula is C15H9N5O5. The molecule has 5 N–H and O–H groups in total. The van der Waals surface area contributed by atoms with Crippen LogP contribution in [0.1, 0.15) is 20.7 Å². The lowest BCUT2D eigenvalue weighted by molar-refractivity contribution is 0.0880. The van der Waals surface area contributed by atoms with Gasteiger partial charge in [-0.1, -0.05) is 6.07 Å². The highest BCUT2D eigenvalue weighted by Gasteiger charge is 2.32. The zero-order valence-electron chi connectivity index (χ0n) is 12.4. The summed E-state index contributed by atoms with van der Waals surface area (Å²) in [6.45, 7) is 0. The lowest BCUT2D eigenvalue weighted by atomic mass is 10.1. The van der Waals surface area contributed by atoms with Gasteiger partial charge in [-0.05, 0) is 12.1 Å². The molecule has 2 amide bonds. The number of nitrogens with two attached hydrogens (primary N) is 1. The van der Waals surface area contributed by atoms with Crippen LogP contribution in [0, 0.1) is 0 Å². The van der Waals surface area contributed by atoms with Crippen molar-refractivity contribution < 1.29 is 9.59 Å². The molecule has 1 aliphatic heterocycles. The topological polar surface area (TPSA) is 160 Å². The minimum atomic E-state index is -0.738. The second-order valence-corrected chi connectivity index (χ2v) is 5.38. The van der Waals surface area contributed by atoms with Crippen LogP contribution in [0.4, 0.5) is 5.82 Å². The van der Waals surface area contributed by atoms with E-state index in [0.29, 0.717) is 0 Å². The first-order valence-corrected chi connectivity index (χ1v) is 7.05. The van der Waals surface area contributed by atoms with Gasteiger partial charge in [0.15, 0.2) is 0 Å². The number of hydrogen-bond donors (Lipinski definition) is 4. The molecule has 10 nitrogen and oxygen atoms in total. The molecule has 1 aromatic carbocycles. The average molecular weight is 339 g/mol. The maximum absolute atomic E-state index is 12.5. The molecule has 0 radical (unpaired) electrons. The molecule has 0 unspecified atom stereocenters. The van der Waals surface area contributed by atoms with Gasteiger partial charge in [0.2, 0.25) is 0 Å². The molecular weight excluding hydrogens is 330 g/mol. The predicted molar refractivity (Wildman–Crippen MR) is 87.0 cm³/mol. The van der Waals surface area contributed by atoms with Crippen LogP contribution in [0.25, 0.3) is 16.5 Å². The fourth-order valence-electron chi connectivity index (χ4n) is 2.93. The molecule has 0 atom stereocenters. The highest BCUT2D eigenvalue weighted by Crippen LogP contribution is 2.24. The molecule has 0 bridgehead atoms. The molecule has 10 heteroatoms. The molecule has 4 rings (SSSR count). The lowest BCUT2D eigenvalue weighted by Gasteiger charge is -2.13. The first kappa shape index (κ1) is 14.6. The van der Waals surface area contributed by atoms with Crippen molar-refractivity contribution in [1.29, 1.82) is 0 Å². The van der Waals surface area contributed by atoms with Crippen molar-refractivity contribution in [3.05, 3.63) is 66.5 Å². The molecule has 0 fully saturated rings. The van der Waals surface area contributed by atoms with E-state index in [1.165, 1.54) is 18.2 Å². The van der Waals surface area contributed by atoms with E-state index in [1.807, 2.05) is 0 Å². The van der Waals surface area contributed by atoms with Crippen molar-refractivity contribution >= 4 is 28.4 Å². The summed E-state index contributed by atoms with van der Waals surface area (Å²) in [7, 11) is 0. The van der Waals surface area contributed by atoms with Gasteiger partial charge in [0, 0.05) is 6.07 Å². The summed E-state index contributed by atoms with van der Waals surface area (Å²) in [6, 6.07) is 5.26. The maximum atomic E-state index is 12.5. The zero-order chi connectivity index (χ0) is 17.9. The Kier molecular flexibility index (Phi) is 2.79. The fraction of sp³-hybridized carbons (Fsp3) is 0. The highest BCUT2D eigenvalue weighted by atomic mass is 16.2. The number of carbonyl (C=O) groups is 2. The number of benzene rings is 1. The number of amides is 2. The van der Waals surface area contributed by atoms with Gasteiger partial charge >= 0.3 is 0 Å².